The smallest absolute Gasteiger partial charge is 0.330 e. The van der Waals surface area contributed by atoms with E-state index in [-0.39, 0.29) is 12.1 Å². The molecule has 1 heterocycles. The minimum atomic E-state index is -0.272. The highest BCUT2D eigenvalue weighted by Gasteiger charge is 2.30. The van der Waals surface area contributed by atoms with Crippen LogP contribution in [0.4, 0.5) is 4.79 Å². The van der Waals surface area contributed by atoms with Crippen molar-refractivity contribution in [3.63, 3.8) is 0 Å². The van der Waals surface area contributed by atoms with Crippen LogP contribution in [-0.2, 0) is 0 Å². The van der Waals surface area contributed by atoms with Crippen molar-refractivity contribution < 1.29 is 4.79 Å². The molecule has 1 fully saturated rings. The van der Waals surface area contributed by atoms with E-state index in [9.17, 15) is 4.79 Å². The fraction of sp³-hybridized carbons (Fsp3) is 0.714. The first kappa shape index (κ1) is 7.86. The number of carbonyl (C=O) groups excluding carboxylic acids is 1. The normalized spacial score (nSPS) is 23.6. The number of carbonyl (C=O) groups is 1. The van der Waals surface area contributed by atoms with E-state index in [1.54, 1.807) is 0 Å². The van der Waals surface area contributed by atoms with Crippen molar-refractivity contribution in [2.45, 2.75) is 19.9 Å². The van der Waals surface area contributed by atoms with E-state index in [2.05, 4.69) is 5.32 Å². The highest BCUT2D eigenvalue weighted by atomic mass is 16.2. The van der Waals surface area contributed by atoms with Crippen molar-refractivity contribution in [1.29, 1.82) is 5.26 Å². The van der Waals surface area contributed by atoms with Crippen LogP contribution < -0.4 is 5.32 Å². The number of hydrogen-bond acceptors (Lipinski definition) is 2. The van der Waals surface area contributed by atoms with Crippen molar-refractivity contribution in [3.05, 3.63) is 0 Å². The van der Waals surface area contributed by atoms with E-state index >= 15 is 0 Å². The predicted octanol–water partition coefficient (Wildman–Crippen LogP) is 0.517. The van der Waals surface area contributed by atoms with Crippen LogP contribution in [0.15, 0.2) is 0 Å². The average molecular weight is 153 g/mol. The van der Waals surface area contributed by atoms with E-state index in [0.29, 0.717) is 12.5 Å². The van der Waals surface area contributed by atoms with Crippen LogP contribution >= 0.6 is 0 Å². The lowest BCUT2D eigenvalue weighted by atomic mass is 10.1. The highest BCUT2D eigenvalue weighted by Crippen LogP contribution is 2.10. The molecule has 11 heavy (non-hydrogen) atoms. The highest BCUT2D eigenvalue weighted by molar-refractivity contribution is 5.78. The predicted molar refractivity (Wildman–Crippen MR) is 39.5 cm³/mol. The molecule has 4 nitrogen and oxygen atoms in total. The Morgan fingerprint density at radius 1 is 1.82 bits per heavy atom. The summed E-state index contributed by atoms with van der Waals surface area (Å²) in [5, 5.41) is 11.2. The first-order chi connectivity index (χ1) is 5.15. The minimum Gasteiger partial charge on any atom is -0.332 e. The molecule has 4 heteroatoms. The molecule has 0 aliphatic carbocycles. The number of hydrogen-bond donors (Lipinski definition) is 1. The zero-order valence-electron chi connectivity index (χ0n) is 6.66. The maximum atomic E-state index is 10.9. The number of rotatable bonds is 1. The summed E-state index contributed by atoms with van der Waals surface area (Å²) in [7, 11) is 0. The third-order valence-electron chi connectivity index (χ3n) is 1.86. The molecular weight excluding hydrogens is 142 g/mol. The average Bonchev–Trinajstić information content (AvgIpc) is 2.31. The lowest BCUT2D eigenvalue weighted by Gasteiger charge is -2.11. The van der Waals surface area contributed by atoms with Gasteiger partial charge in [0.1, 0.15) is 0 Å². The van der Waals surface area contributed by atoms with Gasteiger partial charge < -0.3 is 5.32 Å². The van der Waals surface area contributed by atoms with Crippen LogP contribution in [0.25, 0.3) is 0 Å². The number of urea groups is 1. The van der Waals surface area contributed by atoms with Gasteiger partial charge in [0.2, 0.25) is 0 Å². The molecule has 0 aromatic rings. The Morgan fingerprint density at radius 2 is 2.45 bits per heavy atom. The molecule has 0 aromatic heterocycles. The van der Waals surface area contributed by atoms with Gasteiger partial charge in [-0.25, -0.2) is 9.69 Å². The van der Waals surface area contributed by atoms with Gasteiger partial charge in [-0.3, -0.25) is 0 Å². The first-order valence-corrected chi connectivity index (χ1v) is 3.63. The molecule has 0 aromatic carbocycles. The number of nitriles is 1. The van der Waals surface area contributed by atoms with E-state index in [4.69, 9.17) is 5.26 Å². The molecule has 0 spiro atoms. The third kappa shape index (κ3) is 1.43. The van der Waals surface area contributed by atoms with Crippen molar-refractivity contribution in [2.75, 3.05) is 6.54 Å². The van der Waals surface area contributed by atoms with E-state index < -0.39 is 0 Å². The standard InChI is InChI=1S/C7H11N3O/c1-5(2)6-3-10(4-8)7(11)9-6/h5-6H,3H2,1-2H3,(H,9,11). The molecule has 1 N–H and O–H groups in total. The number of amides is 2. The first-order valence-electron chi connectivity index (χ1n) is 3.63. The van der Waals surface area contributed by atoms with Gasteiger partial charge in [0, 0.05) is 0 Å². The fourth-order valence-electron chi connectivity index (χ4n) is 1.03. The second-order valence-electron chi connectivity index (χ2n) is 3.01. The maximum absolute atomic E-state index is 10.9. The Hall–Kier alpha value is -1.24. The van der Waals surface area contributed by atoms with Crippen molar-refractivity contribution in [2.24, 2.45) is 5.92 Å². The summed E-state index contributed by atoms with van der Waals surface area (Å²) in [5.74, 6) is 0.386. The van der Waals surface area contributed by atoms with Crippen LogP contribution in [0, 0.1) is 17.4 Å². The number of nitrogens with zero attached hydrogens (tertiary/aromatic N) is 2. The van der Waals surface area contributed by atoms with Crippen LogP contribution in [0.2, 0.25) is 0 Å². The van der Waals surface area contributed by atoms with E-state index in [1.165, 1.54) is 0 Å². The molecule has 1 saturated heterocycles. The van der Waals surface area contributed by atoms with Gasteiger partial charge in [0.25, 0.3) is 0 Å². The lowest BCUT2D eigenvalue weighted by Crippen LogP contribution is -2.30. The zero-order valence-corrected chi connectivity index (χ0v) is 6.66. The van der Waals surface area contributed by atoms with Crippen molar-refractivity contribution >= 4 is 6.03 Å². The molecule has 0 bridgehead atoms. The van der Waals surface area contributed by atoms with Gasteiger partial charge in [0.15, 0.2) is 6.19 Å². The Kier molecular flexibility index (Phi) is 1.99. The van der Waals surface area contributed by atoms with Crippen molar-refractivity contribution in [3.8, 4) is 6.19 Å². The summed E-state index contributed by atoms with van der Waals surface area (Å²) in [5.41, 5.74) is 0. The Morgan fingerprint density at radius 3 is 2.73 bits per heavy atom. The number of nitrogens with one attached hydrogen (secondary N) is 1. The summed E-state index contributed by atoms with van der Waals surface area (Å²) in [4.78, 5) is 12.1. The summed E-state index contributed by atoms with van der Waals surface area (Å²) in [6, 6.07) is -0.145. The molecule has 1 aliphatic heterocycles. The largest absolute Gasteiger partial charge is 0.332 e. The molecule has 0 saturated carbocycles. The molecule has 1 atom stereocenters. The zero-order chi connectivity index (χ0) is 8.43. The van der Waals surface area contributed by atoms with Gasteiger partial charge in [-0.05, 0) is 5.92 Å². The van der Waals surface area contributed by atoms with E-state index in [1.807, 2.05) is 20.0 Å². The Balaban J connectivity index is 2.58. The molecule has 1 rings (SSSR count). The monoisotopic (exact) mass is 153 g/mol. The fourth-order valence-corrected chi connectivity index (χ4v) is 1.03. The second-order valence-corrected chi connectivity index (χ2v) is 3.01. The summed E-state index contributed by atoms with van der Waals surface area (Å²) < 4.78 is 0. The van der Waals surface area contributed by atoms with Crippen LogP contribution in [0.5, 0.6) is 0 Å². The Labute approximate surface area is 65.8 Å². The second kappa shape index (κ2) is 2.79. The molecule has 2 amide bonds. The van der Waals surface area contributed by atoms with E-state index in [0.717, 1.165) is 4.90 Å². The summed E-state index contributed by atoms with van der Waals surface area (Å²) >= 11 is 0. The van der Waals surface area contributed by atoms with Crippen LogP contribution in [-0.4, -0.2) is 23.5 Å². The van der Waals surface area contributed by atoms with Gasteiger partial charge in [-0.1, -0.05) is 13.8 Å². The minimum absolute atomic E-state index is 0.127. The lowest BCUT2D eigenvalue weighted by molar-refractivity contribution is 0.231. The topological polar surface area (TPSA) is 56.1 Å². The molecule has 1 unspecified atom stereocenters. The van der Waals surface area contributed by atoms with Crippen LogP contribution in [0.3, 0.4) is 0 Å². The summed E-state index contributed by atoms with van der Waals surface area (Å²) in [6.07, 6.45) is 1.82. The molecule has 1 aliphatic rings. The summed E-state index contributed by atoms with van der Waals surface area (Å²) in [6.45, 7) is 4.55. The molecular formula is C7H11N3O. The van der Waals surface area contributed by atoms with Gasteiger partial charge in [0.05, 0.1) is 12.6 Å². The Bertz CT molecular complexity index is 206. The SMILES string of the molecule is CC(C)C1CN(C#N)C(=O)N1. The van der Waals surface area contributed by atoms with Gasteiger partial charge >= 0.3 is 6.03 Å². The maximum Gasteiger partial charge on any atom is 0.330 e. The van der Waals surface area contributed by atoms with Crippen molar-refractivity contribution in [1.82, 2.24) is 10.2 Å². The quantitative estimate of drug-likeness (QED) is 0.558. The van der Waals surface area contributed by atoms with Crippen LogP contribution in [0.1, 0.15) is 13.8 Å². The van der Waals surface area contributed by atoms with Gasteiger partial charge in [-0.2, -0.15) is 5.26 Å². The molecule has 0 radical (unpaired) electrons. The van der Waals surface area contributed by atoms with Gasteiger partial charge in [-0.15, -0.1) is 0 Å². The molecule has 60 valence electrons. The third-order valence-corrected chi connectivity index (χ3v) is 1.86.